The molecule has 0 unspecified atom stereocenters. The van der Waals surface area contributed by atoms with Crippen LogP contribution in [-0.2, 0) is 16.1 Å². The van der Waals surface area contributed by atoms with Gasteiger partial charge in [-0.05, 0) is 24.1 Å². The van der Waals surface area contributed by atoms with Crippen molar-refractivity contribution in [1.82, 2.24) is 4.90 Å². The van der Waals surface area contributed by atoms with Gasteiger partial charge >= 0.3 is 0 Å². The third-order valence-corrected chi connectivity index (χ3v) is 4.55. The van der Waals surface area contributed by atoms with Crippen molar-refractivity contribution in [2.75, 3.05) is 11.9 Å². The lowest BCUT2D eigenvalue weighted by atomic mass is 10.2. The molecule has 1 N–H and O–H groups in total. The molecule has 0 saturated heterocycles. The van der Waals surface area contributed by atoms with E-state index in [-0.39, 0.29) is 17.3 Å². The number of nitrogens with one attached hydrogen (secondary N) is 1. The smallest absolute Gasteiger partial charge is 0.279 e. The number of imide groups is 1. The molecule has 2 aromatic carbocycles. The topological polar surface area (TPSA) is 58.6 Å². The summed E-state index contributed by atoms with van der Waals surface area (Å²) in [5.74, 6) is -0.334. The summed E-state index contributed by atoms with van der Waals surface area (Å²) >= 11 is 6.18. The van der Waals surface area contributed by atoms with Crippen molar-refractivity contribution in [2.45, 2.75) is 26.3 Å². The zero-order valence-electron chi connectivity index (χ0n) is 15.1. The van der Waals surface area contributed by atoms with Crippen LogP contribution in [0.25, 0.3) is 0 Å². The Morgan fingerprint density at radius 2 is 1.70 bits per heavy atom. The molecule has 2 aromatic rings. The van der Waals surface area contributed by atoms with Gasteiger partial charge in [-0.15, -0.1) is 0 Å². The second-order valence-electron chi connectivity index (χ2n) is 6.19. The van der Waals surface area contributed by atoms with Gasteiger partial charge in [-0.25, -0.2) is 0 Å². The van der Waals surface area contributed by atoms with E-state index in [1.54, 1.807) is 6.07 Å². The largest absolute Gasteiger partial charge is 0.491 e. The Balaban J connectivity index is 1.77. The molecule has 140 valence electrons. The van der Waals surface area contributed by atoms with Gasteiger partial charge in [0.15, 0.2) is 0 Å². The maximum atomic E-state index is 12.8. The van der Waals surface area contributed by atoms with Crippen molar-refractivity contribution in [1.29, 1.82) is 0 Å². The first-order valence-corrected chi connectivity index (χ1v) is 9.28. The Morgan fingerprint density at radius 1 is 1.00 bits per heavy atom. The Labute approximate surface area is 163 Å². The van der Waals surface area contributed by atoms with Crippen LogP contribution < -0.4 is 10.1 Å². The van der Waals surface area contributed by atoms with Crippen molar-refractivity contribution < 1.29 is 14.3 Å². The van der Waals surface area contributed by atoms with Gasteiger partial charge < -0.3 is 10.1 Å². The van der Waals surface area contributed by atoms with Crippen LogP contribution in [0.15, 0.2) is 65.3 Å². The fraction of sp³-hybridized carbons (Fsp3) is 0.238. The number of benzene rings is 2. The molecule has 0 aliphatic carbocycles. The fourth-order valence-corrected chi connectivity index (χ4v) is 2.95. The molecule has 6 heteroatoms. The van der Waals surface area contributed by atoms with Gasteiger partial charge in [-0.3, -0.25) is 14.5 Å². The number of hydrogen-bond acceptors (Lipinski definition) is 4. The monoisotopic (exact) mass is 384 g/mol. The molecule has 3 rings (SSSR count). The van der Waals surface area contributed by atoms with E-state index in [9.17, 15) is 9.59 Å². The molecule has 1 aliphatic rings. The van der Waals surface area contributed by atoms with Gasteiger partial charge in [-0.2, -0.15) is 0 Å². The van der Waals surface area contributed by atoms with Gasteiger partial charge in [0.25, 0.3) is 11.8 Å². The number of unbranched alkanes of at least 4 members (excludes halogenated alkanes) is 1. The van der Waals surface area contributed by atoms with Gasteiger partial charge in [0.05, 0.1) is 18.8 Å². The SMILES string of the molecule is CCCCOc1ccccc1NC1=C(Cl)C(=O)N(Cc2ccccc2)C1=O. The summed E-state index contributed by atoms with van der Waals surface area (Å²) in [5.41, 5.74) is 1.53. The van der Waals surface area contributed by atoms with Gasteiger partial charge in [0.2, 0.25) is 0 Å². The quantitative estimate of drug-likeness (QED) is 0.544. The molecule has 0 radical (unpaired) electrons. The van der Waals surface area contributed by atoms with Crippen LogP contribution in [0.3, 0.4) is 0 Å². The zero-order valence-corrected chi connectivity index (χ0v) is 15.8. The van der Waals surface area contributed by atoms with Crippen molar-refractivity contribution in [3.63, 3.8) is 0 Å². The molecule has 0 fully saturated rings. The summed E-state index contributed by atoms with van der Waals surface area (Å²) in [6.45, 7) is 2.84. The van der Waals surface area contributed by atoms with E-state index in [1.807, 2.05) is 48.5 Å². The summed E-state index contributed by atoms with van der Waals surface area (Å²) in [6.07, 6.45) is 1.95. The van der Waals surface area contributed by atoms with Crippen molar-refractivity contribution >= 4 is 29.1 Å². The Morgan fingerprint density at radius 3 is 2.44 bits per heavy atom. The van der Waals surface area contributed by atoms with Crippen molar-refractivity contribution in [3.8, 4) is 5.75 Å². The van der Waals surface area contributed by atoms with Crippen LogP contribution >= 0.6 is 11.6 Å². The van der Waals surface area contributed by atoms with E-state index in [4.69, 9.17) is 16.3 Å². The van der Waals surface area contributed by atoms with Crippen molar-refractivity contribution in [3.05, 3.63) is 70.9 Å². The number of halogens is 1. The molecule has 2 amide bonds. The van der Waals surface area contributed by atoms with Gasteiger partial charge in [-0.1, -0.05) is 67.4 Å². The second-order valence-corrected chi connectivity index (χ2v) is 6.57. The van der Waals surface area contributed by atoms with Crippen LogP contribution in [0.1, 0.15) is 25.3 Å². The number of amides is 2. The number of ether oxygens (including phenoxy) is 1. The first-order chi connectivity index (χ1) is 13.1. The lowest BCUT2D eigenvalue weighted by Gasteiger charge is -2.16. The van der Waals surface area contributed by atoms with E-state index < -0.39 is 11.8 Å². The third-order valence-electron chi connectivity index (χ3n) is 4.20. The summed E-state index contributed by atoms with van der Waals surface area (Å²) in [6, 6.07) is 16.6. The highest BCUT2D eigenvalue weighted by molar-refractivity contribution is 6.48. The predicted octanol–water partition coefficient (Wildman–Crippen LogP) is 4.30. The molecule has 0 saturated carbocycles. The standard InChI is InChI=1S/C21H21ClN2O3/c1-2-3-13-27-17-12-8-7-11-16(17)23-19-18(22)20(25)24(21(19)26)14-15-9-5-4-6-10-15/h4-12,23H,2-3,13-14H2,1H3. The highest BCUT2D eigenvalue weighted by Gasteiger charge is 2.38. The third kappa shape index (κ3) is 4.31. The molecular formula is C21H21ClN2O3. The first kappa shape index (κ1) is 19.0. The minimum absolute atomic E-state index is 0.0733. The van der Waals surface area contributed by atoms with E-state index in [0.29, 0.717) is 18.0 Å². The Kier molecular flexibility index (Phi) is 6.14. The molecule has 0 atom stereocenters. The fourth-order valence-electron chi connectivity index (χ4n) is 2.72. The average Bonchev–Trinajstić information content (AvgIpc) is 2.88. The number of carbonyl (C=O) groups excluding carboxylic acids is 2. The number of nitrogens with zero attached hydrogens (tertiary/aromatic N) is 1. The van der Waals surface area contributed by atoms with E-state index in [0.717, 1.165) is 23.3 Å². The van der Waals surface area contributed by atoms with Crippen LogP contribution in [0.4, 0.5) is 5.69 Å². The van der Waals surface area contributed by atoms with Crippen LogP contribution in [0.2, 0.25) is 0 Å². The number of carbonyl (C=O) groups is 2. The van der Waals surface area contributed by atoms with E-state index >= 15 is 0 Å². The molecule has 27 heavy (non-hydrogen) atoms. The second kappa shape index (κ2) is 8.73. The maximum absolute atomic E-state index is 12.8. The minimum atomic E-state index is -0.502. The normalized spacial score (nSPS) is 14.1. The minimum Gasteiger partial charge on any atom is -0.491 e. The molecule has 0 aromatic heterocycles. The molecule has 0 spiro atoms. The number of para-hydroxylation sites is 2. The van der Waals surface area contributed by atoms with Gasteiger partial charge in [0.1, 0.15) is 16.5 Å². The van der Waals surface area contributed by atoms with Crippen LogP contribution in [-0.4, -0.2) is 23.3 Å². The number of rotatable bonds is 8. The van der Waals surface area contributed by atoms with E-state index in [2.05, 4.69) is 12.2 Å². The molecule has 5 nitrogen and oxygen atoms in total. The van der Waals surface area contributed by atoms with Crippen LogP contribution in [0, 0.1) is 0 Å². The first-order valence-electron chi connectivity index (χ1n) is 8.90. The van der Waals surface area contributed by atoms with Crippen LogP contribution in [0.5, 0.6) is 5.75 Å². The lowest BCUT2D eigenvalue weighted by Crippen LogP contribution is -2.31. The highest BCUT2D eigenvalue weighted by Crippen LogP contribution is 2.31. The molecule has 1 aliphatic heterocycles. The predicted molar refractivity (Wildman–Crippen MR) is 105 cm³/mol. The zero-order chi connectivity index (χ0) is 19.2. The van der Waals surface area contributed by atoms with Crippen molar-refractivity contribution in [2.24, 2.45) is 0 Å². The van der Waals surface area contributed by atoms with Gasteiger partial charge in [0, 0.05) is 0 Å². The summed E-state index contributed by atoms with van der Waals surface area (Å²) in [4.78, 5) is 26.4. The highest BCUT2D eigenvalue weighted by atomic mass is 35.5. The molecule has 0 bridgehead atoms. The summed E-state index contributed by atoms with van der Waals surface area (Å²) < 4.78 is 5.77. The Hall–Kier alpha value is -2.79. The maximum Gasteiger partial charge on any atom is 0.279 e. The lowest BCUT2D eigenvalue weighted by molar-refractivity contribution is -0.138. The molecular weight excluding hydrogens is 364 g/mol. The molecule has 1 heterocycles. The number of anilines is 1. The summed E-state index contributed by atoms with van der Waals surface area (Å²) in [7, 11) is 0. The summed E-state index contributed by atoms with van der Waals surface area (Å²) in [5, 5.41) is 2.88. The van der Waals surface area contributed by atoms with E-state index in [1.165, 1.54) is 0 Å². The Bertz CT molecular complexity index is 865. The average molecular weight is 385 g/mol. The number of hydrogen-bond donors (Lipinski definition) is 1.